The number of nitrogens with one attached hydrogen (secondary N) is 1. The van der Waals surface area contributed by atoms with Crippen LogP contribution in [0, 0.1) is 11.7 Å². The van der Waals surface area contributed by atoms with Crippen LogP contribution in [0.15, 0.2) is 40.6 Å². The molecular weight excluding hydrogens is 467 g/mol. The number of nitrogens with zero attached hydrogens (tertiary/aromatic N) is 1. The van der Waals surface area contributed by atoms with Gasteiger partial charge in [-0.05, 0) is 37.3 Å². The number of allylic oxidation sites excluding steroid dienone is 2. The average molecular weight is 493 g/mol. The first kappa shape index (κ1) is 23.6. The number of carbonyl (C=O) groups is 2. The highest BCUT2D eigenvalue weighted by molar-refractivity contribution is 7.91. The first-order valence-electron chi connectivity index (χ1n) is 10.7. The Hall–Kier alpha value is -2.56. The van der Waals surface area contributed by atoms with E-state index < -0.39 is 21.8 Å². The molecule has 1 unspecified atom stereocenters. The lowest BCUT2D eigenvalue weighted by Gasteiger charge is -2.31. The van der Waals surface area contributed by atoms with Crippen molar-refractivity contribution in [3.05, 3.63) is 63.8 Å². The van der Waals surface area contributed by atoms with Gasteiger partial charge in [0.25, 0.3) is 10.0 Å². The molecule has 0 radical (unpaired) electrons. The van der Waals surface area contributed by atoms with E-state index in [1.54, 1.807) is 11.0 Å². The van der Waals surface area contributed by atoms with E-state index in [1.165, 1.54) is 25.3 Å². The third kappa shape index (κ3) is 4.87. The highest BCUT2D eigenvalue weighted by Gasteiger charge is 2.36. The number of carbonyl (C=O) groups excluding carboxylic acids is 2. The number of benzene rings is 1. The molecule has 0 bridgehead atoms. The Labute approximate surface area is 196 Å². The van der Waals surface area contributed by atoms with E-state index in [1.807, 2.05) is 6.08 Å². The molecule has 0 saturated carbocycles. The van der Waals surface area contributed by atoms with Gasteiger partial charge < -0.3 is 9.64 Å². The van der Waals surface area contributed by atoms with Gasteiger partial charge in [0.1, 0.15) is 10.0 Å². The minimum atomic E-state index is -4.12. The van der Waals surface area contributed by atoms with Crippen LogP contribution in [-0.2, 0) is 39.1 Å². The summed E-state index contributed by atoms with van der Waals surface area (Å²) in [5.74, 6) is -1.27. The topological polar surface area (TPSA) is 92.8 Å². The summed E-state index contributed by atoms with van der Waals surface area (Å²) >= 11 is 0.967. The Morgan fingerprint density at radius 2 is 2.06 bits per heavy atom. The van der Waals surface area contributed by atoms with Crippen LogP contribution >= 0.6 is 11.3 Å². The largest absolute Gasteiger partial charge is 0.465 e. The second kappa shape index (κ2) is 9.74. The number of hydrogen-bond donors (Lipinski definition) is 1. The van der Waals surface area contributed by atoms with E-state index in [9.17, 15) is 22.4 Å². The van der Waals surface area contributed by atoms with Gasteiger partial charge in [-0.25, -0.2) is 22.3 Å². The second-order valence-electron chi connectivity index (χ2n) is 8.06. The van der Waals surface area contributed by atoms with Gasteiger partial charge in [-0.3, -0.25) is 4.79 Å². The van der Waals surface area contributed by atoms with Crippen molar-refractivity contribution in [1.29, 1.82) is 0 Å². The van der Waals surface area contributed by atoms with Crippen LogP contribution < -0.4 is 4.72 Å². The predicted octanol–water partition coefficient (Wildman–Crippen LogP) is 3.39. The molecule has 33 heavy (non-hydrogen) atoms. The summed E-state index contributed by atoms with van der Waals surface area (Å²) in [7, 11) is -2.93. The average Bonchev–Trinajstić information content (AvgIpc) is 3.23. The van der Waals surface area contributed by atoms with Crippen molar-refractivity contribution in [3.63, 3.8) is 0 Å². The van der Waals surface area contributed by atoms with Crippen molar-refractivity contribution in [2.24, 2.45) is 5.92 Å². The third-order valence-corrected chi connectivity index (χ3v) is 9.13. The molecule has 1 aromatic carbocycles. The highest BCUT2D eigenvalue weighted by atomic mass is 32.2. The zero-order valence-electron chi connectivity index (χ0n) is 18.2. The van der Waals surface area contributed by atoms with E-state index in [0.717, 1.165) is 24.2 Å². The molecule has 0 spiro atoms. The Morgan fingerprint density at radius 3 is 2.76 bits per heavy atom. The first-order chi connectivity index (χ1) is 15.8. The molecule has 1 N–H and O–H groups in total. The van der Waals surface area contributed by atoms with E-state index in [-0.39, 0.29) is 40.3 Å². The summed E-state index contributed by atoms with van der Waals surface area (Å²) in [6.07, 6.45) is 6.85. The fourth-order valence-electron chi connectivity index (χ4n) is 4.22. The summed E-state index contributed by atoms with van der Waals surface area (Å²) in [6, 6.07) is 5.88. The Bertz CT molecular complexity index is 1210. The van der Waals surface area contributed by atoms with Crippen molar-refractivity contribution in [1.82, 2.24) is 9.62 Å². The molecule has 2 heterocycles. The fraction of sp³-hybridized carbons (Fsp3) is 0.391. The second-order valence-corrected chi connectivity index (χ2v) is 11.1. The van der Waals surface area contributed by atoms with E-state index in [2.05, 4.69) is 10.8 Å². The lowest BCUT2D eigenvalue weighted by atomic mass is 9.92. The molecule has 1 aromatic heterocycles. The van der Waals surface area contributed by atoms with Crippen LogP contribution in [0.25, 0.3) is 0 Å². The number of halogens is 1. The monoisotopic (exact) mass is 492 g/mol. The number of esters is 1. The van der Waals surface area contributed by atoms with Crippen molar-refractivity contribution in [2.45, 2.75) is 43.0 Å². The SMILES string of the molecule is COC(=O)c1c(S(=O)(=O)NCc2ccccc2F)sc2c1CCN(C(=O)C1CC=CCC1)C2. The van der Waals surface area contributed by atoms with Crippen molar-refractivity contribution >= 4 is 33.2 Å². The lowest BCUT2D eigenvalue weighted by Crippen LogP contribution is -2.39. The molecule has 1 aliphatic heterocycles. The van der Waals surface area contributed by atoms with E-state index >= 15 is 0 Å². The molecule has 10 heteroatoms. The van der Waals surface area contributed by atoms with Gasteiger partial charge in [-0.1, -0.05) is 30.4 Å². The first-order valence-corrected chi connectivity index (χ1v) is 13.0. The predicted molar refractivity (Wildman–Crippen MR) is 122 cm³/mol. The molecular formula is C23H25FN2O5S2. The van der Waals surface area contributed by atoms with Crippen LogP contribution in [0.4, 0.5) is 4.39 Å². The summed E-state index contributed by atoms with van der Waals surface area (Å²) in [5.41, 5.74) is 0.803. The Balaban J connectivity index is 1.61. The van der Waals surface area contributed by atoms with Crippen LogP contribution in [0.5, 0.6) is 0 Å². The minimum absolute atomic E-state index is 0.00577. The number of sulfonamides is 1. The van der Waals surface area contributed by atoms with E-state index in [4.69, 9.17) is 4.74 Å². The molecule has 1 amide bonds. The Morgan fingerprint density at radius 1 is 1.27 bits per heavy atom. The number of thiophene rings is 1. The standard InChI is InChI=1S/C23H25FN2O5S2/c1-31-22(28)20-17-11-12-26(21(27)15-7-3-2-4-8-15)14-19(17)32-23(20)33(29,30)25-13-16-9-5-6-10-18(16)24/h2-3,5-6,9-10,15,25H,4,7-8,11-14H2,1H3. The maximum absolute atomic E-state index is 13.9. The maximum Gasteiger partial charge on any atom is 0.340 e. The molecule has 0 fully saturated rings. The summed E-state index contributed by atoms with van der Waals surface area (Å²) in [5, 5.41) is 0. The Kier molecular flexibility index (Phi) is 6.96. The number of methoxy groups -OCH3 is 1. The van der Waals surface area contributed by atoms with Crippen LogP contribution in [0.3, 0.4) is 0 Å². The van der Waals surface area contributed by atoms with Gasteiger partial charge >= 0.3 is 5.97 Å². The maximum atomic E-state index is 13.9. The third-order valence-electron chi connectivity index (χ3n) is 6.00. The number of amides is 1. The van der Waals surface area contributed by atoms with Gasteiger partial charge in [-0.15, -0.1) is 11.3 Å². The molecule has 2 aromatic rings. The number of hydrogen-bond acceptors (Lipinski definition) is 6. The van der Waals surface area contributed by atoms with Gasteiger partial charge in [-0.2, -0.15) is 0 Å². The zero-order valence-corrected chi connectivity index (χ0v) is 19.8. The molecule has 7 nitrogen and oxygen atoms in total. The van der Waals surface area contributed by atoms with Gasteiger partial charge in [0, 0.05) is 29.4 Å². The molecule has 1 aliphatic carbocycles. The molecule has 2 aliphatic rings. The van der Waals surface area contributed by atoms with Gasteiger partial charge in [0.15, 0.2) is 0 Å². The molecule has 0 saturated heterocycles. The number of fused-ring (bicyclic) bond motifs is 1. The fourth-order valence-corrected chi connectivity index (χ4v) is 7.17. The van der Waals surface area contributed by atoms with Gasteiger partial charge in [0.2, 0.25) is 5.91 Å². The summed E-state index contributed by atoms with van der Waals surface area (Å²) < 4.78 is 47.3. The minimum Gasteiger partial charge on any atom is -0.465 e. The summed E-state index contributed by atoms with van der Waals surface area (Å²) in [6.45, 7) is 0.415. The number of ether oxygens (including phenoxy) is 1. The molecule has 1 atom stereocenters. The zero-order chi connectivity index (χ0) is 23.6. The van der Waals surface area contributed by atoms with Crippen LogP contribution in [0.2, 0.25) is 0 Å². The number of rotatable bonds is 6. The summed E-state index contributed by atoms with van der Waals surface area (Å²) in [4.78, 5) is 27.9. The van der Waals surface area contributed by atoms with Crippen molar-refractivity contribution in [2.75, 3.05) is 13.7 Å². The van der Waals surface area contributed by atoms with Crippen molar-refractivity contribution in [3.8, 4) is 0 Å². The highest BCUT2D eigenvalue weighted by Crippen LogP contribution is 2.37. The normalized spacial score (nSPS) is 18.1. The van der Waals surface area contributed by atoms with E-state index in [0.29, 0.717) is 29.8 Å². The van der Waals surface area contributed by atoms with Gasteiger partial charge in [0.05, 0.1) is 19.2 Å². The van der Waals surface area contributed by atoms with Crippen LogP contribution in [0.1, 0.15) is 45.6 Å². The quantitative estimate of drug-likeness (QED) is 0.493. The lowest BCUT2D eigenvalue weighted by molar-refractivity contribution is -0.136. The molecule has 4 rings (SSSR count). The smallest absolute Gasteiger partial charge is 0.340 e. The van der Waals surface area contributed by atoms with Crippen LogP contribution in [-0.4, -0.2) is 38.8 Å². The van der Waals surface area contributed by atoms with Crippen molar-refractivity contribution < 1.29 is 27.1 Å². The molecule has 176 valence electrons.